The van der Waals surface area contributed by atoms with Crippen LogP contribution in [0.1, 0.15) is 23.2 Å². The Morgan fingerprint density at radius 2 is 2.17 bits per heavy atom. The Bertz CT molecular complexity index is 475. The first-order valence-corrected chi connectivity index (χ1v) is 8.12. The molecule has 0 radical (unpaired) electrons. The van der Waals surface area contributed by atoms with Gasteiger partial charge in [0.25, 0.3) is 5.91 Å². The maximum atomic E-state index is 12.3. The van der Waals surface area contributed by atoms with Crippen LogP contribution in [0.15, 0.2) is 24.3 Å². The largest absolute Gasteiger partial charge is 0.490 e. The number of carbonyl (C=O) groups excluding carboxylic acids is 1. The third-order valence-corrected chi connectivity index (χ3v) is 3.65. The Hall–Kier alpha value is -1.63. The fourth-order valence-electron chi connectivity index (χ4n) is 2.40. The van der Waals surface area contributed by atoms with Crippen molar-refractivity contribution in [3.8, 4) is 5.75 Å². The van der Waals surface area contributed by atoms with Gasteiger partial charge >= 0.3 is 0 Å². The molecule has 0 bridgehead atoms. The van der Waals surface area contributed by atoms with Crippen molar-refractivity contribution in [3.05, 3.63) is 29.8 Å². The first kappa shape index (κ1) is 17.7. The first-order valence-electron chi connectivity index (χ1n) is 8.12. The van der Waals surface area contributed by atoms with Gasteiger partial charge in [-0.1, -0.05) is 12.1 Å². The Morgan fingerprint density at radius 1 is 1.30 bits per heavy atom. The van der Waals surface area contributed by atoms with E-state index in [0.29, 0.717) is 37.6 Å². The standard InChI is InChI=1S/C17H26N2O4/c1-21-12-10-18-8-9-19-17(20)15-6-2-3-7-16(15)23-13-14-5-4-11-22-14/h2-3,6-7,14,18H,4-5,8-13H2,1H3,(H,19,20). The van der Waals surface area contributed by atoms with Gasteiger partial charge in [-0.3, -0.25) is 4.79 Å². The minimum atomic E-state index is -0.124. The highest BCUT2D eigenvalue weighted by Gasteiger charge is 2.18. The quantitative estimate of drug-likeness (QED) is 0.634. The van der Waals surface area contributed by atoms with Gasteiger partial charge in [0.15, 0.2) is 0 Å². The molecule has 1 aromatic rings. The number of para-hydroxylation sites is 1. The molecule has 0 aromatic heterocycles. The van der Waals surface area contributed by atoms with E-state index >= 15 is 0 Å². The van der Waals surface area contributed by atoms with Crippen molar-refractivity contribution in [2.75, 3.05) is 46.6 Å². The van der Waals surface area contributed by atoms with Gasteiger partial charge in [0.1, 0.15) is 12.4 Å². The Balaban J connectivity index is 1.77. The second kappa shape index (κ2) is 10.2. The number of carbonyl (C=O) groups is 1. The summed E-state index contributed by atoms with van der Waals surface area (Å²) in [5, 5.41) is 6.07. The SMILES string of the molecule is COCCNCCNC(=O)c1ccccc1OCC1CCCO1. The van der Waals surface area contributed by atoms with Gasteiger partial charge < -0.3 is 24.8 Å². The molecule has 1 unspecified atom stereocenters. The van der Waals surface area contributed by atoms with Gasteiger partial charge in [-0.25, -0.2) is 0 Å². The molecule has 1 atom stereocenters. The molecule has 1 fully saturated rings. The summed E-state index contributed by atoms with van der Waals surface area (Å²) < 4.78 is 16.3. The number of rotatable bonds is 10. The molecule has 1 aromatic carbocycles. The minimum Gasteiger partial charge on any atom is -0.490 e. The van der Waals surface area contributed by atoms with Crippen LogP contribution in [0.4, 0.5) is 0 Å². The molecule has 128 valence electrons. The summed E-state index contributed by atoms with van der Waals surface area (Å²) in [4.78, 5) is 12.3. The second-order valence-electron chi connectivity index (χ2n) is 5.44. The lowest BCUT2D eigenvalue weighted by Crippen LogP contribution is -2.33. The highest BCUT2D eigenvalue weighted by atomic mass is 16.5. The number of benzene rings is 1. The third-order valence-electron chi connectivity index (χ3n) is 3.65. The molecule has 0 spiro atoms. The summed E-state index contributed by atoms with van der Waals surface area (Å²) in [6, 6.07) is 7.30. The fourth-order valence-corrected chi connectivity index (χ4v) is 2.40. The summed E-state index contributed by atoms with van der Waals surface area (Å²) in [6.45, 7) is 3.98. The highest BCUT2D eigenvalue weighted by Crippen LogP contribution is 2.20. The summed E-state index contributed by atoms with van der Waals surface area (Å²) in [5.41, 5.74) is 0.558. The van der Waals surface area contributed by atoms with Crippen molar-refractivity contribution < 1.29 is 19.0 Å². The van der Waals surface area contributed by atoms with E-state index in [1.54, 1.807) is 13.2 Å². The molecular formula is C17H26N2O4. The molecule has 2 N–H and O–H groups in total. The molecule has 1 saturated heterocycles. The van der Waals surface area contributed by atoms with Crippen molar-refractivity contribution in [2.24, 2.45) is 0 Å². The van der Waals surface area contributed by atoms with Gasteiger partial charge in [0.05, 0.1) is 18.3 Å². The zero-order valence-corrected chi connectivity index (χ0v) is 13.7. The van der Waals surface area contributed by atoms with Crippen molar-refractivity contribution in [1.82, 2.24) is 10.6 Å². The number of hydrogen-bond acceptors (Lipinski definition) is 5. The average molecular weight is 322 g/mol. The van der Waals surface area contributed by atoms with Crippen molar-refractivity contribution in [3.63, 3.8) is 0 Å². The first-order chi connectivity index (χ1) is 11.3. The number of ether oxygens (including phenoxy) is 3. The molecule has 1 aliphatic rings. The van der Waals surface area contributed by atoms with Crippen LogP contribution in [0.2, 0.25) is 0 Å². The van der Waals surface area contributed by atoms with E-state index in [1.807, 2.05) is 18.2 Å². The lowest BCUT2D eigenvalue weighted by atomic mass is 10.2. The minimum absolute atomic E-state index is 0.124. The average Bonchev–Trinajstić information content (AvgIpc) is 3.09. The van der Waals surface area contributed by atoms with Gasteiger partial charge in [0, 0.05) is 33.4 Å². The molecule has 1 aliphatic heterocycles. The second-order valence-corrected chi connectivity index (χ2v) is 5.44. The predicted octanol–water partition coefficient (Wildman–Crippen LogP) is 1.21. The lowest BCUT2D eigenvalue weighted by Gasteiger charge is -2.14. The molecule has 0 saturated carbocycles. The summed E-state index contributed by atoms with van der Waals surface area (Å²) in [5.74, 6) is 0.481. The predicted molar refractivity (Wildman–Crippen MR) is 88.0 cm³/mol. The van der Waals surface area contributed by atoms with E-state index in [2.05, 4.69) is 10.6 Å². The van der Waals surface area contributed by atoms with Gasteiger partial charge in [-0.05, 0) is 25.0 Å². The normalized spacial score (nSPS) is 17.2. The van der Waals surface area contributed by atoms with Crippen LogP contribution < -0.4 is 15.4 Å². The van der Waals surface area contributed by atoms with Crippen LogP contribution >= 0.6 is 0 Å². The number of hydrogen-bond donors (Lipinski definition) is 2. The van der Waals surface area contributed by atoms with Crippen LogP contribution in [0.5, 0.6) is 5.75 Å². The van der Waals surface area contributed by atoms with Crippen molar-refractivity contribution >= 4 is 5.91 Å². The zero-order valence-electron chi connectivity index (χ0n) is 13.7. The third kappa shape index (κ3) is 6.17. The number of methoxy groups -OCH3 is 1. The van der Waals surface area contributed by atoms with E-state index in [4.69, 9.17) is 14.2 Å². The monoisotopic (exact) mass is 322 g/mol. The van der Waals surface area contributed by atoms with E-state index in [1.165, 1.54) is 0 Å². The fraction of sp³-hybridized carbons (Fsp3) is 0.588. The van der Waals surface area contributed by atoms with Crippen LogP contribution in [-0.4, -0.2) is 58.6 Å². The molecule has 6 heteroatoms. The van der Waals surface area contributed by atoms with Gasteiger partial charge in [-0.15, -0.1) is 0 Å². The van der Waals surface area contributed by atoms with Crippen LogP contribution in [0.3, 0.4) is 0 Å². The molecule has 23 heavy (non-hydrogen) atoms. The van der Waals surface area contributed by atoms with Crippen LogP contribution in [0.25, 0.3) is 0 Å². The number of amides is 1. The summed E-state index contributed by atoms with van der Waals surface area (Å²) in [7, 11) is 1.66. The van der Waals surface area contributed by atoms with E-state index in [0.717, 1.165) is 26.0 Å². The topological polar surface area (TPSA) is 68.8 Å². The highest BCUT2D eigenvalue weighted by molar-refractivity contribution is 5.96. The van der Waals surface area contributed by atoms with E-state index < -0.39 is 0 Å². The lowest BCUT2D eigenvalue weighted by molar-refractivity contribution is 0.0670. The number of nitrogens with one attached hydrogen (secondary N) is 2. The molecular weight excluding hydrogens is 296 g/mol. The Labute approximate surface area is 137 Å². The maximum Gasteiger partial charge on any atom is 0.255 e. The van der Waals surface area contributed by atoms with Crippen LogP contribution in [0, 0.1) is 0 Å². The maximum absolute atomic E-state index is 12.3. The molecule has 0 aliphatic carbocycles. The molecule has 2 rings (SSSR count). The smallest absolute Gasteiger partial charge is 0.255 e. The Kier molecular flexibility index (Phi) is 7.86. The molecule has 6 nitrogen and oxygen atoms in total. The van der Waals surface area contributed by atoms with E-state index in [-0.39, 0.29) is 12.0 Å². The van der Waals surface area contributed by atoms with Gasteiger partial charge in [0.2, 0.25) is 0 Å². The van der Waals surface area contributed by atoms with E-state index in [9.17, 15) is 4.79 Å². The molecule has 1 heterocycles. The Morgan fingerprint density at radius 3 is 2.96 bits per heavy atom. The van der Waals surface area contributed by atoms with Crippen molar-refractivity contribution in [2.45, 2.75) is 18.9 Å². The molecule has 1 amide bonds. The van der Waals surface area contributed by atoms with Crippen molar-refractivity contribution in [1.29, 1.82) is 0 Å². The van der Waals surface area contributed by atoms with Gasteiger partial charge in [-0.2, -0.15) is 0 Å². The summed E-state index contributed by atoms with van der Waals surface area (Å²) >= 11 is 0. The zero-order chi connectivity index (χ0) is 16.3. The van der Waals surface area contributed by atoms with Crippen LogP contribution in [-0.2, 0) is 9.47 Å². The summed E-state index contributed by atoms with van der Waals surface area (Å²) in [6.07, 6.45) is 2.23.